The smallest absolute Gasteiger partial charge is 0.247 e. The van der Waals surface area contributed by atoms with Gasteiger partial charge in [-0.15, -0.1) is 5.10 Å². The molecule has 0 spiro atoms. The van der Waals surface area contributed by atoms with E-state index in [1.807, 2.05) is 0 Å². The molecule has 0 aliphatic carbocycles. The topological polar surface area (TPSA) is 53.9 Å². The lowest BCUT2D eigenvalue weighted by atomic mass is 10.0. The van der Waals surface area contributed by atoms with Crippen LogP contribution in [0.1, 0.15) is 51.0 Å². The van der Waals surface area contributed by atoms with Crippen LogP contribution in [-0.2, 0) is 0 Å². The number of nitrogens with zero attached hydrogens (tertiary/aromatic N) is 4. The van der Waals surface area contributed by atoms with Crippen LogP contribution >= 0.6 is 0 Å². The minimum Gasteiger partial charge on any atom is -0.339 e. The molecule has 0 atom stereocenters. The molecule has 1 aromatic carbocycles. The predicted molar refractivity (Wildman–Crippen MR) is 94.3 cm³/mol. The van der Waals surface area contributed by atoms with Crippen LogP contribution in [0.3, 0.4) is 0 Å². The first kappa shape index (κ1) is 15.7. The van der Waals surface area contributed by atoms with Crippen molar-refractivity contribution >= 4 is 17.5 Å². The summed E-state index contributed by atoms with van der Waals surface area (Å²) < 4.78 is 0. The summed E-state index contributed by atoms with van der Waals surface area (Å²) in [6.45, 7) is 6.44. The summed E-state index contributed by atoms with van der Waals surface area (Å²) in [6, 6.07) is 8.47. The maximum absolute atomic E-state index is 4.63. The Morgan fingerprint density at radius 3 is 2.35 bits per heavy atom. The fourth-order valence-electron chi connectivity index (χ4n) is 2.86. The fraction of sp³-hybridized carbons (Fsp3) is 0.500. The highest BCUT2D eigenvalue weighted by molar-refractivity contribution is 5.56. The number of aromatic nitrogens is 3. The van der Waals surface area contributed by atoms with E-state index in [-0.39, 0.29) is 0 Å². The van der Waals surface area contributed by atoms with E-state index in [2.05, 4.69) is 63.5 Å². The lowest BCUT2D eigenvalue weighted by Crippen LogP contribution is -2.26. The fourth-order valence-corrected chi connectivity index (χ4v) is 2.86. The molecule has 1 aromatic heterocycles. The van der Waals surface area contributed by atoms with Crippen LogP contribution in [0.2, 0.25) is 0 Å². The maximum atomic E-state index is 4.63. The number of nitrogens with one attached hydrogen (secondary N) is 1. The molecule has 1 aliphatic rings. The minimum absolute atomic E-state index is 0.541. The van der Waals surface area contributed by atoms with E-state index in [0.717, 1.165) is 30.5 Å². The second-order valence-corrected chi connectivity index (χ2v) is 6.44. The molecule has 2 aromatic rings. The molecule has 1 saturated heterocycles. The van der Waals surface area contributed by atoms with Gasteiger partial charge in [-0.2, -0.15) is 10.1 Å². The summed E-state index contributed by atoms with van der Waals surface area (Å²) in [5.41, 5.74) is 2.36. The molecule has 1 fully saturated rings. The quantitative estimate of drug-likeness (QED) is 0.920. The number of anilines is 3. The molecule has 1 N–H and O–H groups in total. The molecule has 1 aliphatic heterocycles. The summed E-state index contributed by atoms with van der Waals surface area (Å²) in [5, 5.41) is 11.6. The molecule has 2 heterocycles. The van der Waals surface area contributed by atoms with E-state index >= 15 is 0 Å². The van der Waals surface area contributed by atoms with Crippen LogP contribution in [0.5, 0.6) is 0 Å². The van der Waals surface area contributed by atoms with Gasteiger partial charge in [0.2, 0.25) is 5.95 Å². The van der Waals surface area contributed by atoms with Gasteiger partial charge >= 0.3 is 0 Å². The predicted octanol–water partition coefficient (Wildman–Crippen LogP) is 4.12. The maximum Gasteiger partial charge on any atom is 0.247 e. The molecule has 23 heavy (non-hydrogen) atoms. The number of rotatable bonds is 4. The Morgan fingerprint density at radius 1 is 1.00 bits per heavy atom. The third-order valence-corrected chi connectivity index (χ3v) is 4.29. The lowest BCUT2D eigenvalue weighted by molar-refractivity contribution is 0.726. The third-order valence-electron chi connectivity index (χ3n) is 4.29. The highest BCUT2D eigenvalue weighted by atomic mass is 15.3. The Kier molecular flexibility index (Phi) is 5.05. The first-order chi connectivity index (χ1) is 11.2. The van der Waals surface area contributed by atoms with Gasteiger partial charge in [-0.05, 0) is 36.5 Å². The van der Waals surface area contributed by atoms with Crippen LogP contribution < -0.4 is 10.2 Å². The van der Waals surface area contributed by atoms with Gasteiger partial charge in [0, 0.05) is 18.8 Å². The van der Waals surface area contributed by atoms with Crippen molar-refractivity contribution in [2.75, 3.05) is 23.3 Å². The van der Waals surface area contributed by atoms with Crippen molar-refractivity contribution in [1.29, 1.82) is 0 Å². The van der Waals surface area contributed by atoms with E-state index < -0.39 is 0 Å². The van der Waals surface area contributed by atoms with Crippen LogP contribution in [0.25, 0.3) is 0 Å². The van der Waals surface area contributed by atoms with Crippen LogP contribution in [0.4, 0.5) is 17.5 Å². The second kappa shape index (κ2) is 7.40. The van der Waals surface area contributed by atoms with Gasteiger partial charge in [0.1, 0.15) is 0 Å². The molecular weight excluding hydrogens is 286 g/mol. The van der Waals surface area contributed by atoms with Gasteiger partial charge in [-0.3, -0.25) is 0 Å². The summed E-state index contributed by atoms with van der Waals surface area (Å²) in [6.07, 6.45) is 6.68. The average Bonchev–Trinajstić information content (AvgIpc) is 2.85. The zero-order valence-corrected chi connectivity index (χ0v) is 14.0. The normalized spacial score (nSPS) is 15.5. The van der Waals surface area contributed by atoms with Crippen molar-refractivity contribution in [2.45, 2.75) is 45.4 Å². The standard InChI is InChI=1S/C18H25N5/c1-14(2)15-7-9-16(10-8-15)20-17-13-19-22-18(21-17)23-11-5-3-4-6-12-23/h7-10,13-14H,3-6,11-12H2,1-2H3,(H,20,21,22). The molecule has 0 saturated carbocycles. The van der Waals surface area contributed by atoms with Crippen LogP contribution in [0, 0.1) is 0 Å². The van der Waals surface area contributed by atoms with Gasteiger partial charge in [-0.25, -0.2) is 0 Å². The Hall–Kier alpha value is -2.17. The van der Waals surface area contributed by atoms with Gasteiger partial charge < -0.3 is 10.2 Å². The minimum atomic E-state index is 0.541. The SMILES string of the molecule is CC(C)c1ccc(Nc2cnnc(N3CCCCCC3)n2)cc1. The zero-order chi connectivity index (χ0) is 16.1. The Balaban J connectivity index is 1.71. The third kappa shape index (κ3) is 4.18. The van der Waals surface area contributed by atoms with Crippen molar-refractivity contribution in [3.63, 3.8) is 0 Å². The van der Waals surface area contributed by atoms with Gasteiger partial charge in [0.15, 0.2) is 5.82 Å². The van der Waals surface area contributed by atoms with Gasteiger partial charge in [0.05, 0.1) is 6.20 Å². The van der Waals surface area contributed by atoms with Crippen molar-refractivity contribution in [1.82, 2.24) is 15.2 Å². The Morgan fingerprint density at radius 2 is 1.70 bits per heavy atom. The highest BCUT2D eigenvalue weighted by Crippen LogP contribution is 2.21. The first-order valence-corrected chi connectivity index (χ1v) is 8.54. The number of benzene rings is 1. The molecular formula is C18H25N5. The van der Waals surface area contributed by atoms with E-state index in [0.29, 0.717) is 5.92 Å². The molecule has 0 amide bonds. The van der Waals surface area contributed by atoms with Crippen molar-refractivity contribution in [3.05, 3.63) is 36.0 Å². The largest absolute Gasteiger partial charge is 0.339 e. The van der Waals surface area contributed by atoms with E-state index in [4.69, 9.17) is 0 Å². The van der Waals surface area contributed by atoms with E-state index in [1.54, 1.807) is 6.20 Å². The van der Waals surface area contributed by atoms with Crippen molar-refractivity contribution in [2.24, 2.45) is 0 Å². The molecule has 0 radical (unpaired) electrons. The van der Waals surface area contributed by atoms with Crippen molar-refractivity contribution in [3.8, 4) is 0 Å². The summed E-state index contributed by atoms with van der Waals surface area (Å²) in [5.74, 6) is 2.02. The average molecular weight is 311 g/mol. The summed E-state index contributed by atoms with van der Waals surface area (Å²) in [4.78, 5) is 6.88. The molecule has 5 nitrogen and oxygen atoms in total. The second-order valence-electron chi connectivity index (χ2n) is 6.44. The van der Waals surface area contributed by atoms with E-state index in [1.165, 1.54) is 31.2 Å². The Labute approximate surface area is 138 Å². The van der Waals surface area contributed by atoms with E-state index in [9.17, 15) is 0 Å². The molecule has 5 heteroatoms. The molecule has 0 unspecified atom stereocenters. The Bertz CT molecular complexity index is 616. The molecule has 0 bridgehead atoms. The summed E-state index contributed by atoms with van der Waals surface area (Å²) in [7, 11) is 0. The number of hydrogen-bond donors (Lipinski definition) is 1. The summed E-state index contributed by atoms with van der Waals surface area (Å²) >= 11 is 0. The van der Waals surface area contributed by atoms with Crippen LogP contribution in [0.15, 0.2) is 30.5 Å². The van der Waals surface area contributed by atoms with Crippen LogP contribution in [-0.4, -0.2) is 28.3 Å². The molecule has 3 rings (SSSR count). The number of hydrogen-bond acceptors (Lipinski definition) is 5. The van der Waals surface area contributed by atoms with Gasteiger partial charge in [-0.1, -0.05) is 38.8 Å². The van der Waals surface area contributed by atoms with Gasteiger partial charge in [0.25, 0.3) is 0 Å². The monoisotopic (exact) mass is 311 g/mol. The van der Waals surface area contributed by atoms with Crippen molar-refractivity contribution < 1.29 is 0 Å². The first-order valence-electron chi connectivity index (χ1n) is 8.54. The zero-order valence-electron chi connectivity index (χ0n) is 14.0. The lowest BCUT2D eigenvalue weighted by Gasteiger charge is -2.19. The highest BCUT2D eigenvalue weighted by Gasteiger charge is 2.13. The molecule has 122 valence electrons.